The molecule has 0 unspecified atom stereocenters. The van der Waals surface area contributed by atoms with Gasteiger partial charge in [-0.15, -0.1) is 0 Å². The highest BCUT2D eigenvalue weighted by molar-refractivity contribution is 5.94. The lowest BCUT2D eigenvalue weighted by molar-refractivity contribution is 0.0997. The van der Waals surface area contributed by atoms with Crippen LogP contribution in [0.2, 0.25) is 0 Å². The third-order valence-corrected chi connectivity index (χ3v) is 2.69. The van der Waals surface area contributed by atoms with Gasteiger partial charge < -0.3 is 10.8 Å². The molecule has 88 valence electrons. The number of amides is 1. The van der Waals surface area contributed by atoms with Crippen LogP contribution in [0, 0.1) is 5.92 Å². The standard InChI is InChI=1S/C13H19NO2/c1-9(2)6-7-10-4-3-5-11(13(14)16)12(10)8-15/h3-5,9,15H,6-8H2,1-2H3,(H2,14,16). The molecular formula is C13H19NO2. The van der Waals surface area contributed by atoms with Crippen molar-refractivity contribution < 1.29 is 9.90 Å². The van der Waals surface area contributed by atoms with E-state index in [0.29, 0.717) is 17.0 Å². The summed E-state index contributed by atoms with van der Waals surface area (Å²) in [6, 6.07) is 5.42. The highest BCUT2D eigenvalue weighted by Crippen LogP contribution is 2.18. The first-order chi connectivity index (χ1) is 7.56. The highest BCUT2D eigenvalue weighted by atomic mass is 16.3. The molecule has 0 heterocycles. The van der Waals surface area contributed by atoms with Crippen molar-refractivity contribution in [3.63, 3.8) is 0 Å². The van der Waals surface area contributed by atoms with E-state index >= 15 is 0 Å². The van der Waals surface area contributed by atoms with Gasteiger partial charge in [-0.25, -0.2) is 0 Å². The molecule has 1 rings (SSSR count). The zero-order valence-corrected chi connectivity index (χ0v) is 9.86. The molecule has 0 spiro atoms. The number of nitrogens with two attached hydrogens (primary N) is 1. The number of carbonyl (C=O) groups excluding carboxylic acids is 1. The number of carbonyl (C=O) groups is 1. The molecule has 3 nitrogen and oxygen atoms in total. The topological polar surface area (TPSA) is 63.3 Å². The Hall–Kier alpha value is -1.35. The van der Waals surface area contributed by atoms with Gasteiger partial charge in [0.1, 0.15) is 0 Å². The minimum absolute atomic E-state index is 0.132. The van der Waals surface area contributed by atoms with Gasteiger partial charge in [0.05, 0.1) is 6.61 Å². The summed E-state index contributed by atoms with van der Waals surface area (Å²) in [5.41, 5.74) is 7.40. The molecule has 0 atom stereocenters. The van der Waals surface area contributed by atoms with Crippen LogP contribution in [0.4, 0.5) is 0 Å². The third-order valence-electron chi connectivity index (χ3n) is 2.69. The van der Waals surface area contributed by atoms with Crippen LogP contribution in [0.3, 0.4) is 0 Å². The van der Waals surface area contributed by atoms with Crippen LogP contribution in [0.5, 0.6) is 0 Å². The molecule has 0 bridgehead atoms. The van der Waals surface area contributed by atoms with Gasteiger partial charge in [0.25, 0.3) is 0 Å². The van der Waals surface area contributed by atoms with Crippen molar-refractivity contribution >= 4 is 5.91 Å². The highest BCUT2D eigenvalue weighted by Gasteiger charge is 2.11. The van der Waals surface area contributed by atoms with Gasteiger partial charge in [-0.05, 0) is 36.0 Å². The van der Waals surface area contributed by atoms with Gasteiger partial charge in [-0.1, -0.05) is 26.0 Å². The van der Waals surface area contributed by atoms with E-state index in [4.69, 9.17) is 5.73 Å². The molecule has 0 radical (unpaired) electrons. The van der Waals surface area contributed by atoms with E-state index in [0.717, 1.165) is 18.4 Å². The summed E-state index contributed by atoms with van der Waals surface area (Å²) in [5, 5.41) is 9.31. The molecule has 16 heavy (non-hydrogen) atoms. The van der Waals surface area contributed by atoms with E-state index in [1.807, 2.05) is 12.1 Å². The Morgan fingerprint density at radius 2 is 2.12 bits per heavy atom. The number of hydrogen-bond acceptors (Lipinski definition) is 2. The molecule has 0 aliphatic carbocycles. The maximum absolute atomic E-state index is 11.2. The number of primary amides is 1. The van der Waals surface area contributed by atoms with Crippen LogP contribution in [0.15, 0.2) is 18.2 Å². The van der Waals surface area contributed by atoms with E-state index < -0.39 is 5.91 Å². The zero-order valence-electron chi connectivity index (χ0n) is 9.86. The fourth-order valence-corrected chi connectivity index (χ4v) is 1.73. The van der Waals surface area contributed by atoms with Gasteiger partial charge in [0.15, 0.2) is 0 Å². The summed E-state index contributed by atoms with van der Waals surface area (Å²) < 4.78 is 0. The second-order valence-corrected chi connectivity index (χ2v) is 4.40. The fourth-order valence-electron chi connectivity index (χ4n) is 1.73. The molecule has 0 saturated carbocycles. The molecule has 3 N–H and O–H groups in total. The number of aliphatic hydroxyl groups excluding tert-OH is 1. The fraction of sp³-hybridized carbons (Fsp3) is 0.462. The third kappa shape index (κ3) is 3.07. The number of hydrogen-bond donors (Lipinski definition) is 2. The first kappa shape index (κ1) is 12.7. The lowest BCUT2D eigenvalue weighted by Gasteiger charge is -2.12. The minimum atomic E-state index is -0.476. The van der Waals surface area contributed by atoms with Crippen molar-refractivity contribution in [3.8, 4) is 0 Å². The number of benzene rings is 1. The molecule has 1 aromatic carbocycles. The maximum atomic E-state index is 11.2. The molecule has 1 aromatic rings. The normalized spacial score (nSPS) is 10.8. The van der Waals surface area contributed by atoms with Crippen molar-refractivity contribution in [2.45, 2.75) is 33.3 Å². The second kappa shape index (κ2) is 5.66. The first-order valence-corrected chi connectivity index (χ1v) is 5.57. The van der Waals surface area contributed by atoms with Gasteiger partial charge in [-0.2, -0.15) is 0 Å². The molecule has 0 fully saturated rings. The molecule has 0 aromatic heterocycles. The molecule has 0 aliphatic heterocycles. The summed E-state index contributed by atoms with van der Waals surface area (Å²) in [5.74, 6) is 0.124. The molecule has 0 aliphatic rings. The van der Waals surface area contributed by atoms with E-state index in [1.165, 1.54) is 0 Å². The Labute approximate surface area is 96.3 Å². The lowest BCUT2D eigenvalue weighted by atomic mass is 9.95. The predicted octanol–water partition coefficient (Wildman–Crippen LogP) is 1.87. The second-order valence-electron chi connectivity index (χ2n) is 4.40. The average Bonchev–Trinajstić information content (AvgIpc) is 2.25. The molecule has 3 heteroatoms. The summed E-state index contributed by atoms with van der Waals surface area (Å²) in [4.78, 5) is 11.2. The Morgan fingerprint density at radius 1 is 1.44 bits per heavy atom. The average molecular weight is 221 g/mol. The van der Waals surface area contributed by atoms with Crippen molar-refractivity contribution in [2.75, 3.05) is 0 Å². The molecule has 0 saturated heterocycles. The largest absolute Gasteiger partial charge is 0.392 e. The van der Waals surface area contributed by atoms with Gasteiger partial charge in [-0.3, -0.25) is 4.79 Å². The van der Waals surface area contributed by atoms with E-state index in [9.17, 15) is 9.90 Å². The first-order valence-electron chi connectivity index (χ1n) is 5.57. The van der Waals surface area contributed by atoms with Crippen LogP contribution in [-0.4, -0.2) is 11.0 Å². The van der Waals surface area contributed by atoms with Crippen molar-refractivity contribution in [3.05, 3.63) is 34.9 Å². The Bertz CT molecular complexity index is 372. The minimum Gasteiger partial charge on any atom is -0.392 e. The summed E-state index contributed by atoms with van der Waals surface area (Å²) in [6.07, 6.45) is 1.91. The van der Waals surface area contributed by atoms with Crippen LogP contribution in [-0.2, 0) is 13.0 Å². The summed E-state index contributed by atoms with van der Waals surface area (Å²) >= 11 is 0. The smallest absolute Gasteiger partial charge is 0.249 e. The Kier molecular flexibility index (Phi) is 4.50. The van der Waals surface area contributed by atoms with Gasteiger partial charge >= 0.3 is 0 Å². The number of aryl methyl sites for hydroxylation is 1. The van der Waals surface area contributed by atoms with Crippen LogP contribution in [0.25, 0.3) is 0 Å². The summed E-state index contributed by atoms with van der Waals surface area (Å²) in [6.45, 7) is 4.17. The van der Waals surface area contributed by atoms with E-state index in [-0.39, 0.29) is 6.61 Å². The van der Waals surface area contributed by atoms with Crippen molar-refractivity contribution in [2.24, 2.45) is 11.7 Å². The predicted molar refractivity (Wildman–Crippen MR) is 64.0 cm³/mol. The van der Waals surface area contributed by atoms with Crippen LogP contribution in [0.1, 0.15) is 41.8 Å². The lowest BCUT2D eigenvalue weighted by Crippen LogP contribution is -2.15. The molecule has 1 amide bonds. The van der Waals surface area contributed by atoms with Gasteiger partial charge in [0, 0.05) is 5.56 Å². The van der Waals surface area contributed by atoms with Crippen molar-refractivity contribution in [1.82, 2.24) is 0 Å². The molecular weight excluding hydrogens is 202 g/mol. The van der Waals surface area contributed by atoms with Crippen LogP contribution >= 0.6 is 0 Å². The summed E-state index contributed by atoms with van der Waals surface area (Å²) in [7, 11) is 0. The maximum Gasteiger partial charge on any atom is 0.249 e. The monoisotopic (exact) mass is 221 g/mol. The quantitative estimate of drug-likeness (QED) is 0.797. The van der Waals surface area contributed by atoms with Crippen molar-refractivity contribution in [1.29, 1.82) is 0 Å². The number of rotatable bonds is 5. The van der Waals surface area contributed by atoms with Crippen LogP contribution < -0.4 is 5.73 Å². The Balaban J connectivity index is 2.99. The Morgan fingerprint density at radius 3 is 2.62 bits per heavy atom. The number of aliphatic hydroxyl groups is 1. The van der Waals surface area contributed by atoms with Gasteiger partial charge in [0.2, 0.25) is 5.91 Å². The zero-order chi connectivity index (χ0) is 12.1. The van der Waals surface area contributed by atoms with E-state index in [1.54, 1.807) is 6.07 Å². The van der Waals surface area contributed by atoms with E-state index in [2.05, 4.69) is 13.8 Å². The SMILES string of the molecule is CC(C)CCc1cccc(C(N)=O)c1CO.